The highest BCUT2D eigenvalue weighted by Crippen LogP contribution is 2.01. The molecule has 0 saturated heterocycles. The molecule has 103 valence electrons. The lowest BCUT2D eigenvalue weighted by Gasteiger charge is -1.97. The standard InChI is InChI=1S/C8H16O2.C7H15/c1-2-3-4-5-6-7-10-8-9;1-3-5-7-6-4-2/h8H,2-7H2,1H3;1,3-7H2,2H3. The second-order valence-electron chi connectivity index (χ2n) is 4.30. The van der Waals surface area contributed by atoms with Crippen LogP contribution in [0.2, 0.25) is 0 Å². The Balaban J connectivity index is 0. The molecular weight excluding hydrogens is 212 g/mol. The monoisotopic (exact) mass is 243 g/mol. The van der Waals surface area contributed by atoms with Crippen molar-refractivity contribution >= 4 is 6.47 Å². The van der Waals surface area contributed by atoms with Gasteiger partial charge in [-0.2, -0.15) is 0 Å². The van der Waals surface area contributed by atoms with E-state index in [0.717, 1.165) is 12.8 Å². The van der Waals surface area contributed by atoms with Crippen LogP contribution in [0, 0.1) is 6.92 Å². The molecule has 17 heavy (non-hydrogen) atoms. The summed E-state index contributed by atoms with van der Waals surface area (Å²) in [6, 6.07) is 0. The van der Waals surface area contributed by atoms with Crippen LogP contribution in [0.25, 0.3) is 0 Å². The van der Waals surface area contributed by atoms with Crippen LogP contribution in [-0.4, -0.2) is 13.1 Å². The van der Waals surface area contributed by atoms with Crippen molar-refractivity contribution in [3.8, 4) is 0 Å². The summed E-state index contributed by atoms with van der Waals surface area (Å²) in [6.07, 6.45) is 12.5. The molecule has 1 radical (unpaired) electrons. The fourth-order valence-electron chi connectivity index (χ4n) is 1.44. The van der Waals surface area contributed by atoms with E-state index in [0.29, 0.717) is 13.1 Å². The summed E-state index contributed by atoms with van der Waals surface area (Å²) in [5.74, 6) is 0. The third-order valence-electron chi connectivity index (χ3n) is 2.54. The van der Waals surface area contributed by atoms with Gasteiger partial charge in [-0.05, 0) is 6.42 Å². The molecule has 2 nitrogen and oxygen atoms in total. The number of unbranched alkanes of at least 4 members (excludes halogenated alkanes) is 8. The van der Waals surface area contributed by atoms with E-state index in [1.54, 1.807) is 0 Å². The lowest BCUT2D eigenvalue weighted by Crippen LogP contribution is -1.90. The topological polar surface area (TPSA) is 26.3 Å². The van der Waals surface area contributed by atoms with Gasteiger partial charge in [0.25, 0.3) is 6.47 Å². The molecule has 0 amide bonds. The Morgan fingerprint density at radius 2 is 1.41 bits per heavy atom. The minimum atomic E-state index is 0.514. The Morgan fingerprint density at radius 1 is 0.882 bits per heavy atom. The van der Waals surface area contributed by atoms with Crippen LogP contribution in [0.15, 0.2) is 0 Å². The summed E-state index contributed by atoms with van der Waals surface area (Å²) in [5, 5.41) is 0. The van der Waals surface area contributed by atoms with Crippen molar-refractivity contribution in [1.82, 2.24) is 0 Å². The average molecular weight is 243 g/mol. The Hall–Kier alpha value is -0.530. The number of hydrogen-bond donors (Lipinski definition) is 0. The van der Waals surface area contributed by atoms with Crippen LogP contribution in [0.4, 0.5) is 0 Å². The van der Waals surface area contributed by atoms with Crippen molar-refractivity contribution in [2.24, 2.45) is 0 Å². The third-order valence-corrected chi connectivity index (χ3v) is 2.54. The number of carbonyl (C=O) groups excluding carboxylic acids is 1. The summed E-state index contributed by atoms with van der Waals surface area (Å²) in [5.41, 5.74) is 0. The fraction of sp³-hybridized carbons (Fsp3) is 0.867. The predicted octanol–water partition coefficient (Wildman–Crippen LogP) is 4.92. The van der Waals surface area contributed by atoms with Crippen LogP contribution in [0.5, 0.6) is 0 Å². The van der Waals surface area contributed by atoms with Crippen molar-refractivity contribution in [3.63, 3.8) is 0 Å². The smallest absolute Gasteiger partial charge is 0.293 e. The maximum atomic E-state index is 9.67. The van der Waals surface area contributed by atoms with Gasteiger partial charge in [-0.15, -0.1) is 0 Å². The van der Waals surface area contributed by atoms with E-state index < -0.39 is 0 Å². The molecule has 0 rings (SSSR count). The molecule has 0 atom stereocenters. The third kappa shape index (κ3) is 25.6. The van der Waals surface area contributed by atoms with Crippen LogP contribution in [0.3, 0.4) is 0 Å². The second kappa shape index (κ2) is 20.8. The Kier molecular flexibility index (Phi) is 23.1. The molecule has 0 aromatic carbocycles. The van der Waals surface area contributed by atoms with Crippen LogP contribution >= 0.6 is 0 Å². The van der Waals surface area contributed by atoms with Gasteiger partial charge >= 0.3 is 0 Å². The highest BCUT2D eigenvalue weighted by Gasteiger charge is 1.87. The molecule has 0 unspecified atom stereocenters. The molecule has 2 heteroatoms. The zero-order valence-corrected chi connectivity index (χ0v) is 11.9. The summed E-state index contributed by atoms with van der Waals surface area (Å²) >= 11 is 0. The molecular formula is C15H31O2. The van der Waals surface area contributed by atoms with Crippen LogP contribution in [-0.2, 0) is 9.53 Å². The molecule has 0 aliphatic rings. The number of hydrogen-bond acceptors (Lipinski definition) is 2. The fourth-order valence-corrected chi connectivity index (χ4v) is 1.44. The normalized spacial score (nSPS) is 9.35. The highest BCUT2D eigenvalue weighted by molar-refractivity contribution is 5.36. The number of carbonyl (C=O) groups is 1. The molecule has 0 saturated carbocycles. The van der Waals surface area contributed by atoms with Gasteiger partial charge in [0, 0.05) is 0 Å². The lowest BCUT2D eigenvalue weighted by atomic mass is 10.2. The maximum absolute atomic E-state index is 9.67. The van der Waals surface area contributed by atoms with Gasteiger partial charge in [0.15, 0.2) is 0 Å². The van der Waals surface area contributed by atoms with Crippen molar-refractivity contribution in [2.75, 3.05) is 6.61 Å². The molecule has 0 aliphatic heterocycles. The zero-order valence-electron chi connectivity index (χ0n) is 11.9. The maximum Gasteiger partial charge on any atom is 0.293 e. The molecule has 0 N–H and O–H groups in total. The van der Waals surface area contributed by atoms with Gasteiger partial charge in [-0.1, -0.05) is 78.6 Å². The van der Waals surface area contributed by atoms with Gasteiger partial charge in [-0.3, -0.25) is 4.79 Å². The molecule has 0 aromatic rings. The van der Waals surface area contributed by atoms with E-state index in [1.165, 1.54) is 51.4 Å². The highest BCUT2D eigenvalue weighted by atomic mass is 16.5. The largest absolute Gasteiger partial charge is 0.468 e. The zero-order chi connectivity index (χ0) is 13.2. The van der Waals surface area contributed by atoms with Gasteiger partial charge in [0.1, 0.15) is 0 Å². The van der Waals surface area contributed by atoms with E-state index in [1.807, 2.05) is 0 Å². The van der Waals surface area contributed by atoms with Crippen molar-refractivity contribution in [2.45, 2.75) is 78.1 Å². The quantitative estimate of drug-likeness (QED) is 0.380. The van der Waals surface area contributed by atoms with E-state index in [-0.39, 0.29) is 0 Å². The first-order chi connectivity index (χ1) is 8.33. The second-order valence-corrected chi connectivity index (χ2v) is 4.30. The SMILES string of the molecule is CCCCCCCOC=O.[CH2]CCCCCC. The van der Waals surface area contributed by atoms with Gasteiger partial charge in [0.2, 0.25) is 0 Å². The molecule has 0 aromatic heterocycles. The first-order valence-electron chi connectivity index (χ1n) is 7.17. The first-order valence-corrected chi connectivity index (χ1v) is 7.17. The number of ether oxygens (including phenoxy) is 1. The van der Waals surface area contributed by atoms with E-state index in [2.05, 4.69) is 25.5 Å². The molecule has 0 fully saturated rings. The minimum Gasteiger partial charge on any atom is -0.468 e. The molecule has 0 bridgehead atoms. The summed E-state index contributed by atoms with van der Waals surface area (Å²) in [6.45, 7) is 9.27. The average Bonchev–Trinajstić information content (AvgIpc) is 2.35. The summed E-state index contributed by atoms with van der Waals surface area (Å²) in [7, 11) is 0. The van der Waals surface area contributed by atoms with E-state index >= 15 is 0 Å². The van der Waals surface area contributed by atoms with E-state index in [9.17, 15) is 4.79 Å². The number of rotatable bonds is 11. The van der Waals surface area contributed by atoms with Crippen molar-refractivity contribution in [3.05, 3.63) is 6.92 Å². The van der Waals surface area contributed by atoms with E-state index in [4.69, 9.17) is 0 Å². The van der Waals surface area contributed by atoms with Gasteiger partial charge < -0.3 is 4.74 Å². The Morgan fingerprint density at radius 3 is 1.88 bits per heavy atom. The summed E-state index contributed by atoms with van der Waals surface area (Å²) in [4.78, 5) is 9.67. The Labute approximate surface area is 108 Å². The summed E-state index contributed by atoms with van der Waals surface area (Å²) < 4.78 is 4.53. The Bertz CT molecular complexity index is 120. The lowest BCUT2D eigenvalue weighted by molar-refractivity contribution is -0.128. The first kappa shape index (κ1) is 18.8. The van der Waals surface area contributed by atoms with Gasteiger partial charge in [0.05, 0.1) is 6.61 Å². The van der Waals surface area contributed by atoms with Crippen LogP contribution < -0.4 is 0 Å². The van der Waals surface area contributed by atoms with Crippen molar-refractivity contribution < 1.29 is 9.53 Å². The van der Waals surface area contributed by atoms with Crippen LogP contribution in [0.1, 0.15) is 78.1 Å². The predicted molar refractivity (Wildman–Crippen MR) is 74.9 cm³/mol. The van der Waals surface area contributed by atoms with Gasteiger partial charge in [-0.25, -0.2) is 0 Å². The van der Waals surface area contributed by atoms with Crippen molar-refractivity contribution in [1.29, 1.82) is 0 Å². The minimum absolute atomic E-state index is 0.514. The molecule has 0 spiro atoms. The molecule has 0 heterocycles. The molecule has 0 aliphatic carbocycles.